The Kier molecular flexibility index (Phi) is 4.86. The first kappa shape index (κ1) is 19.2. The van der Waals surface area contributed by atoms with Gasteiger partial charge in [-0.15, -0.1) is 0 Å². The number of ether oxygens (including phenoxy) is 1. The molecule has 0 bridgehead atoms. The van der Waals surface area contributed by atoms with Crippen LogP contribution in [0.5, 0.6) is 0 Å². The Morgan fingerprint density at radius 3 is 2.74 bits per heavy atom. The van der Waals surface area contributed by atoms with Crippen LogP contribution in [0, 0.1) is 0 Å². The molecule has 0 unspecified atom stereocenters. The number of esters is 1. The molecule has 0 radical (unpaired) electrons. The highest BCUT2D eigenvalue weighted by molar-refractivity contribution is 5.82. The lowest BCUT2D eigenvalue weighted by Crippen LogP contribution is -2.14. The summed E-state index contributed by atoms with van der Waals surface area (Å²) in [5.74, 6) is 0.000349. The number of fused-ring (bicyclic) bond motifs is 3. The van der Waals surface area contributed by atoms with Crippen LogP contribution in [0.1, 0.15) is 35.4 Å². The van der Waals surface area contributed by atoms with Crippen molar-refractivity contribution in [1.82, 2.24) is 9.97 Å². The van der Waals surface area contributed by atoms with Gasteiger partial charge in [0.25, 0.3) is 5.56 Å². The smallest absolute Gasteiger partial charge is 0.336 e. The lowest BCUT2D eigenvalue weighted by atomic mass is 10.0. The molecule has 0 fully saturated rings. The molecular formula is C24H20N2O5. The van der Waals surface area contributed by atoms with E-state index in [-0.39, 0.29) is 25.0 Å². The molecule has 0 saturated heterocycles. The third kappa shape index (κ3) is 3.86. The number of aromatic nitrogens is 2. The van der Waals surface area contributed by atoms with Gasteiger partial charge in [0.15, 0.2) is 0 Å². The van der Waals surface area contributed by atoms with Crippen LogP contribution in [-0.4, -0.2) is 15.9 Å². The van der Waals surface area contributed by atoms with Crippen molar-refractivity contribution in [3.63, 3.8) is 0 Å². The molecule has 0 atom stereocenters. The van der Waals surface area contributed by atoms with Gasteiger partial charge in [0.2, 0.25) is 0 Å². The summed E-state index contributed by atoms with van der Waals surface area (Å²) in [6.45, 7) is -0.0125. The third-order valence-electron chi connectivity index (χ3n) is 5.66. The predicted octanol–water partition coefficient (Wildman–Crippen LogP) is 3.19. The second kappa shape index (κ2) is 7.83. The van der Waals surface area contributed by atoms with Crippen molar-refractivity contribution in [1.29, 1.82) is 0 Å². The van der Waals surface area contributed by atoms with Crippen LogP contribution in [-0.2, 0) is 35.4 Å². The highest BCUT2D eigenvalue weighted by Crippen LogP contribution is 2.28. The monoisotopic (exact) mass is 416 g/mol. The number of nitrogens with zero attached hydrogens (tertiary/aromatic N) is 1. The summed E-state index contributed by atoms with van der Waals surface area (Å²) in [5, 5.41) is 1.31. The molecule has 31 heavy (non-hydrogen) atoms. The number of nitrogens with one attached hydrogen (secondary N) is 1. The first-order valence-electron chi connectivity index (χ1n) is 10.3. The average Bonchev–Trinajstić information content (AvgIpc) is 3.22. The van der Waals surface area contributed by atoms with Crippen LogP contribution >= 0.6 is 0 Å². The van der Waals surface area contributed by atoms with E-state index in [0.717, 1.165) is 24.6 Å². The van der Waals surface area contributed by atoms with Gasteiger partial charge in [-0.2, -0.15) is 0 Å². The number of hydrogen-bond acceptors (Lipinski definition) is 6. The maximum atomic E-state index is 12.3. The number of rotatable bonds is 5. The maximum absolute atomic E-state index is 12.3. The molecule has 2 aromatic heterocycles. The van der Waals surface area contributed by atoms with E-state index < -0.39 is 11.6 Å². The van der Waals surface area contributed by atoms with Gasteiger partial charge in [-0.25, -0.2) is 9.78 Å². The summed E-state index contributed by atoms with van der Waals surface area (Å²) in [5.41, 5.74) is 3.51. The van der Waals surface area contributed by atoms with Crippen molar-refractivity contribution in [3.05, 3.63) is 85.8 Å². The van der Waals surface area contributed by atoms with Crippen molar-refractivity contribution < 1.29 is 13.9 Å². The summed E-state index contributed by atoms with van der Waals surface area (Å²) in [7, 11) is 0. The van der Waals surface area contributed by atoms with Gasteiger partial charge in [-0.1, -0.05) is 12.1 Å². The second-order valence-corrected chi connectivity index (χ2v) is 7.75. The molecule has 0 saturated carbocycles. The minimum absolute atomic E-state index is 0.0125. The van der Waals surface area contributed by atoms with Crippen LogP contribution in [0.4, 0.5) is 0 Å². The lowest BCUT2D eigenvalue weighted by Gasteiger charge is -2.09. The first-order chi connectivity index (χ1) is 15.1. The number of benzene rings is 2. The summed E-state index contributed by atoms with van der Waals surface area (Å²) < 4.78 is 10.8. The summed E-state index contributed by atoms with van der Waals surface area (Å²) in [6, 6.07) is 12.4. The lowest BCUT2D eigenvalue weighted by molar-refractivity contribution is -0.144. The highest BCUT2D eigenvalue weighted by Gasteiger charge is 2.16. The van der Waals surface area contributed by atoms with Crippen molar-refractivity contribution in [2.45, 2.75) is 38.7 Å². The van der Waals surface area contributed by atoms with E-state index in [9.17, 15) is 14.4 Å². The average molecular weight is 416 g/mol. The Hall–Kier alpha value is -3.74. The fourth-order valence-corrected chi connectivity index (χ4v) is 4.12. The minimum Gasteiger partial charge on any atom is -0.461 e. The van der Waals surface area contributed by atoms with Crippen molar-refractivity contribution in [2.75, 3.05) is 0 Å². The molecule has 1 aliphatic rings. The fourth-order valence-electron chi connectivity index (χ4n) is 4.12. The summed E-state index contributed by atoms with van der Waals surface area (Å²) in [4.78, 5) is 43.5. The van der Waals surface area contributed by atoms with Gasteiger partial charge >= 0.3 is 11.6 Å². The SMILES string of the molecule is O=C(CCc1nc2ccccc2c(=O)[nH]1)OCc1cc(=O)oc2cc3c(cc12)CCC3. The molecule has 1 aliphatic carbocycles. The van der Waals surface area contributed by atoms with Crippen LogP contribution < -0.4 is 11.2 Å². The van der Waals surface area contributed by atoms with Crippen molar-refractivity contribution >= 4 is 27.8 Å². The fraction of sp³-hybridized carbons (Fsp3) is 0.250. The van der Waals surface area contributed by atoms with Gasteiger partial charge in [-0.05, 0) is 54.7 Å². The van der Waals surface area contributed by atoms with Crippen LogP contribution in [0.25, 0.3) is 21.9 Å². The normalized spacial score (nSPS) is 12.9. The maximum Gasteiger partial charge on any atom is 0.336 e. The molecule has 2 aromatic carbocycles. The molecule has 1 N–H and O–H groups in total. The Bertz CT molecular complexity index is 1430. The number of hydrogen-bond donors (Lipinski definition) is 1. The Balaban J connectivity index is 1.29. The second-order valence-electron chi connectivity index (χ2n) is 7.75. The molecule has 7 nitrogen and oxygen atoms in total. The zero-order chi connectivity index (χ0) is 21.4. The molecule has 5 rings (SSSR count). The topological polar surface area (TPSA) is 102 Å². The van der Waals surface area contributed by atoms with Crippen LogP contribution in [0.3, 0.4) is 0 Å². The minimum atomic E-state index is -0.463. The number of H-pyrrole nitrogens is 1. The van der Waals surface area contributed by atoms with E-state index in [4.69, 9.17) is 9.15 Å². The number of aryl methyl sites for hydroxylation is 3. The van der Waals surface area contributed by atoms with Crippen molar-refractivity contribution in [3.8, 4) is 0 Å². The summed E-state index contributed by atoms with van der Waals surface area (Å²) >= 11 is 0. The molecule has 2 heterocycles. The van der Waals surface area contributed by atoms with Crippen LogP contribution in [0.15, 0.2) is 56.5 Å². The molecule has 0 amide bonds. The number of carbonyl (C=O) groups is 1. The quantitative estimate of drug-likeness (QED) is 0.396. The summed E-state index contributed by atoms with van der Waals surface area (Å²) in [6.07, 6.45) is 3.39. The highest BCUT2D eigenvalue weighted by atomic mass is 16.5. The molecular weight excluding hydrogens is 396 g/mol. The predicted molar refractivity (Wildman–Crippen MR) is 115 cm³/mol. The number of aromatic amines is 1. The molecule has 4 aromatic rings. The van der Waals surface area contributed by atoms with Gasteiger partial charge in [-0.3, -0.25) is 9.59 Å². The molecule has 0 spiro atoms. The Morgan fingerprint density at radius 1 is 1.06 bits per heavy atom. The first-order valence-corrected chi connectivity index (χ1v) is 10.3. The Labute approximate surface area is 176 Å². The Morgan fingerprint density at radius 2 is 1.87 bits per heavy atom. The van der Waals surface area contributed by atoms with E-state index in [1.54, 1.807) is 18.2 Å². The van der Waals surface area contributed by atoms with Gasteiger partial charge in [0, 0.05) is 23.4 Å². The van der Waals surface area contributed by atoms with E-state index in [1.807, 2.05) is 18.2 Å². The molecule has 7 heteroatoms. The van der Waals surface area contributed by atoms with E-state index in [1.165, 1.54) is 17.2 Å². The molecule has 156 valence electrons. The number of para-hydroxylation sites is 1. The van der Waals surface area contributed by atoms with Gasteiger partial charge in [0.05, 0.1) is 17.3 Å². The molecule has 0 aliphatic heterocycles. The zero-order valence-electron chi connectivity index (χ0n) is 16.8. The largest absolute Gasteiger partial charge is 0.461 e. The van der Waals surface area contributed by atoms with Crippen molar-refractivity contribution in [2.24, 2.45) is 0 Å². The zero-order valence-corrected chi connectivity index (χ0v) is 16.8. The third-order valence-corrected chi connectivity index (χ3v) is 5.66. The van der Waals surface area contributed by atoms with E-state index in [0.29, 0.717) is 27.9 Å². The van der Waals surface area contributed by atoms with E-state index in [2.05, 4.69) is 9.97 Å². The van der Waals surface area contributed by atoms with Crippen LogP contribution in [0.2, 0.25) is 0 Å². The number of carbonyl (C=O) groups excluding carboxylic acids is 1. The van der Waals surface area contributed by atoms with Gasteiger partial charge in [0.1, 0.15) is 18.0 Å². The van der Waals surface area contributed by atoms with Gasteiger partial charge < -0.3 is 14.1 Å². The standard InChI is InChI=1S/C24H20N2O5/c27-22(9-8-21-25-19-7-2-1-6-17(19)24(29)26-21)30-13-16-12-23(28)31-20-11-15-5-3-4-14(15)10-18(16)20/h1-2,6-7,10-12H,3-5,8-9,13H2,(H,25,26,29). The van der Waals surface area contributed by atoms with E-state index >= 15 is 0 Å².